The molecule has 1 aromatic carbocycles. The number of hydrogen-bond donors (Lipinski definition) is 0. The molecule has 2 saturated heterocycles. The lowest BCUT2D eigenvalue weighted by Crippen LogP contribution is -2.75. The molecule has 7 rings (SSSR count). The fourth-order valence-electron chi connectivity index (χ4n) is 6.91. The Morgan fingerprint density at radius 3 is 2.74 bits per heavy atom. The highest BCUT2D eigenvalue weighted by Gasteiger charge is 2.81. The van der Waals surface area contributed by atoms with Crippen LogP contribution in [0.2, 0.25) is 0 Å². The molecule has 8 nitrogen and oxygen atoms in total. The Hall–Kier alpha value is -2.32. The number of nitrogens with zero attached hydrogens (tertiary/aromatic N) is 1. The van der Waals surface area contributed by atoms with Crippen LogP contribution in [-0.4, -0.2) is 67.7 Å². The third-order valence-electron chi connectivity index (χ3n) is 8.38. The zero-order chi connectivity index (χ0) is 21.0. The fourth-order valence-corrected chi connectivity index (χ4v) is 6.91. The van der Waals surface area contributed by atoms with Gasteiger partial charge in [-0.05, 0) is 43.2 Å². The summed E-state index contributed by atoms with van der Waals surface area (Å²) in [5.41, 5.74) is -0.426. The van der Waals surface area contributed by atoms with E-state index in [-0.39, 0.29) is 12.1 Å². The molecule has 1 aromatic rings. The molecule has 3 heterocycles. The van der Waals surface area contributed by atoms with Crippen LogP contribution in [-0.2, 0) is 30.8 Å². The Balaban J connectivity index is 1.48. The maximum Gasteiger partial charge on any atom is 0.410 e. The summed E-state index contributed by atoms with van der Waals surface area (Å²) in [4.78, 5) is 28.3. The molecule has 4 fully saturated rings. The van der Waals surface area contributed by atoms with Crippen molar-refractivity contribution in [2.45, 2.75) is 61.1 Å². The average molecular weight is 427 g/mol. The summed E-state index contributed by atoms with van der Waals surface area (Å²) in [6.07, 6.45) is 3.76. The van der Waals surface area contributed by atoms with Gasteiger partial charge in [0.1, 0.15) is 11.7 Å². The van der Waals surface area contributed by atoms with E-state index in [4.69, 9.17) is 23.7 Å². The zero-order valence-electron chi connectivity index (χ0n) is 17.4. The quantitative estimate of drug-likeness (QED) is 0.679. The summed E-state index contributed by atoms with van der Waals surface area (Å²) in [5.74, 6) is 0.600. The number of aldehydes is 1. The number of fused-ring (bicyclic) bond motifs is 1. The molecule has 3 aliphatic carbocycles. The van der Waals surface area contributed by atoms with Gasteiger partial charge in [0, 0.05) is 18.5 Å². The van der Waals surface area contributed by atoms with Gasteiger partial charge in [0.15, 0.2) is 23.2 Å². The number of methoxy groups -OCH3 is 1. The van der Waals surface area contributed by atoms with E-state index < -0.39 is 22.9 Å². The molecule has 0 bridgehead atoms. The highest BCUT2D eigenvalue weighted by molar-refractivity contribution is 5.85. The first-order valence-electron chi connectivity index (χ1n) is 11.2. The first-order valence-corrected chi connectivity index (χ1v) is 11.2. The second kappa shape index (κ2) is 5.72. The molecular weight excluding hydrogens is 402 g/mol. The first kappa shape index (κ1) is 18.3. The molecule has 2 spiro atoms. The molecule has 0 radical (unpaired) electrons. The number of carbonyl (C=O) groups excluding carboxylic acids is 2. The molecule has 164 valence electrons. The number of benzene rings is 1. The maximum atomic E-state index is 13.2. The topological polar surface area (TPSA) is 83.5 Å². The number of carbonyl (C=O) groups is 2. The summed E-state index contributed by atoms with van der Waals surface area (Å²) in [6.45, 7) is 1.57. The Bertz CT molecular complexity index is 1000. The van der Waals surface area contributed by atoms with Crippen LogP contribution < -0.4 is 9.47 Å². The van der Waals surface area contributed by atoms with Crippen LogP contribution in [0.3, 0.4) is 0 Å². The van der Waals surface area contributed by atoms with Gasteiger partial charge in [-0.3, -0.25) is 0 Å². The molecular formula is C23H25NO7. The molecule has 2 saturated carbocycles. The molecule has 4 atom stereocenters. The van der Waals surface area contributed by atoms with Gasteiger partial charge in [-0.25, -0.2) is 4.79 Å². The molecule has 8 heteroatoms. The van der Waals surface area contributed by atoms with E-state index in [1.54, 1.807) is 7.11 Å². The van der Waals surface area contributed by atoms with Gasteiger partial charge >= 0.3 is 6.09 Å². The third kappa shape index (κ3) is 1.95. The SMILES string of the molecule is COc1ccc2c3c1O[C@H]1C4(CC[C@]5(OC(=O)N(CC6CC6)[C@@H]5C2)[C@@]31C=O)OCCO4. The van der Waals surface area contributed by atoms with Gasteiger partial charge in [-0.1, -0.05) is 6.07 Å². The Morgan fingerprint density at radius 2 is 2.03 bits per heavy atom. The lowest BCUT2D eigenvalue weighted by atomic mass is 9.51. The van der Waals surface area contributed by atoms with Crippen LogP contribution in [0.1, 0.15) is 36.8 Å². The molecule has 31 heavy (non-hydrogen) atoms. The predicted octanol–water partition coefficient (Wildman–Crippen LogP) is 1.96. The van der Waals surface area contributed by atoms with Crippen molar-refractivity contribution in [3.05, 3.63) is 23.3 Å². The highest BCUT2D eigenvalue weighted by atomic mass is 16.8. The molecule has 3 aliphatic heterocycles. The largest absolute Gasteiger partial charge is 0.493 e. The molecule has 0 unspecified atom stereocenters. The third-order valence-corrected chi connectivity index (χ3v) is 8.38. The van der Waals surface area contributed by atoms with Crippen molar-refractivity contribution < 1.29 is 33.3 Å². The van der Waals surface area contributed by atoms with Gasteiger partial charge in [0.25, 0.3) is 0 Å². The molecule has 0 N–H and O–H groups in total. The van der Waals surface area contributed by atoms with Crippen molar-refractivity contribution in [3.8, 4) is 11.5 Å². The smallest absolute Gasteiger partial charge is 0.410 e. The summed E-state index contributed by atoms with van der Waals surface area (Å²) in [5, 5.41) is 0. The molecule has 0 aromatic heterocycles. The van der Waals surface area contributed by atoms with Gasteiger partial charge in [-0.15, -0.1) is 0 Å². The first-order chi connectivity index (χ1) is 15.1. The van der Waals surface area contributed by atoms with E-state index in [2.05, 4.69) is 0 Å². The second-order valence-electron chi connectivity index (χ2n) is 9.70. The standard InChI is InChI=1S/C23H25NO7/c1-27-15-5-4-14-10-16-22(31-20(26)24(16)11-13-2-3-13)6-7-23(28-8-9-29-23)19-21(22,12-25)17(14)18(15)30-19/h4-5,12-13,16,19H,2-3,6-11H2,1H3/t16-,19-,21+,22-/m1/s1. The minimum absolute atomic E-state index is 0.220. The van der Waals surface area contributed by atoms with Gasteiger partial charge in [0.05, 0.1) is 26.4 Å². The Morgan fingerprint density at radius 1 is 1.23 bits per heavy atom. The lowest BCUT2D eigenvalue weighted by molar-refractivity contribution is -0.269. The maximum absolute atomic E-state index is 13.2. The molecule has 6 aliphatic rings. The van der Waals surface area contributed by atoms with Gasteiger partial charge in [-0.2, -0.15) is 0 Å². The van der Waals surface area contributed by atoms with Crippen molar-refractivity contribution in [3.63, 3.8) is 0 Å². The minimum Gasteiger partial charge on any atom is -0.493 e. The minimum atomic E-state index is -1.20. The van der Waals surface area contributed by atoms with E-state index in [0.29, 0.717) is 56.4 Å². The number of amides is 1. The zero-order valence-corrected chi connectivity index (χ0v) is 17.4. The van der Waals surface area contributed by atoms with E-state index in [9.17, 15) is 9.59 Å². The van der Waals surface area contributed by atoms with Crippen LogP contribution in [0.4, 0.5) is 4.79 Å². The van der Waals surface area contributed by atoms with Crippen molar-refractivity contribution in [2.75, 3.05) is 26.9 Å². The summed E-state index contributed by atoms with van der Waals surface area (Å²) in [7, 11) is 1.59. The van der Waals surface area contributed by atoms with Crippen molar-refractivity contribution in [1.29, 1.82) is 0 Å². The Kier molecular flexibility index (Phi) is 3.37. The monoisotopic (exact) mass is 427 g/mol. The van der Waals surface area contributed by atoms with Crippen molar-refractivity contribution >= 4 is 12.4 Å². The van der Waals surface area contributed by atoms with Crippen molar-refractivity contribution in [2.24, 2.45) is 5.92 Å². The van der Waals surface area contributed by atoms with Crippen LogP contribution in [0, 0.1) is 5.92 Å². The average Bonchev–Trinajstić information content (AvgIpc) is 3.23. The Labute approximate surface area is 179 Å². The number of rotatable bonds is 4. The number of hydrogen-bond acceptors (Lipinski definition) is 7. The predicted molar refractivity (Wildman–Crippen MR) is 105 cm³/mol. The van der Waals surface area contributed by atoms with Gasteiger partial charge < -0.3 is 33.4 Å². The van der Waals surface area contributed by atoms with E-state index in [1.807, 2.05) is 17.0 Å². The van der Waals surface area contributed by atoms with E-state index in [1.165, 1.54) is 0 Å². The normalized spacial score (nSPS) is 38.5. The van der Waals surface area contributed by atoms with E-state index >= 15 is 0 Å². The van der Waals surface area contributed by atoms with Crippen LogP contribution in [0.5, 0.6) is 11.5 Å². The van der Waals surface area contributed by atoms with Crippen molar-refractivity contribution in [1.82, 2.24) is 4.90 Å². The van der Waals surface area contributed by atoms with Gasteiger partial charge in [0.2, 0.25) is 5.79 Å². The fraction of sp³-hybridized carbons (Fsp3) is 0.652. The molecule has 1 amide bonds. The summed E-state index contributed by atoms with van der Waals surface area (Å²) in [6, 6.07) is 3.65. The summed E-state index contributed by atoms with van der Waals surface area (Å²) >= 11 is 0. The van der Waals surface area contributed by atoms with Crippen LogP contribution >= 0.6 is 0 Å². The van der Waals surface area contributed by atoms with Crippen LogP contribution in [0.25, 0.3) is 0 Å². The van der Waals surface area contributed by atoms with Crippen LogP contribution in [0.15, 0.2) is 12.1 Å². The van der Waals surface area contributed by atoms with E-state index in [0.717, 1.165) is 30.3 Å². The summed E-state index contributed by atoms with van der Waals surface area (Å²) < 4.78 is 30.6. The second-order valence-corrected chi connectivity index (χ2v) is 9.70. The highest BCUT2D eigenvalue weighted by Crippen LogP contribution is 2.67. The lowest BCUT2D eigenvalue weighted by Gasteiger charge is -2.56. The number of ether oxygens (including phenoxy) is 5.